The van der Waals surface area contributed by atoms with Crippen LogP contribution < -0.4 is 5.56 Å². The van der Waals surface area contributed by atoms with Crippen LogP contribution in [0.15, 0.2) is 59.7 Å². The van der Waals surface area contributed by atoms with Crippen LogP contribution in [-0.4, -0.2) is 30.7 Å². The molecule has 1 aromatic carbocycles. The number of aromatic carboxylic acids is 1. The van der Waals surface area contributed by atoms with Crippen LogP contribution in [0.5, 0.6) is 5.75 Å². The molecule has 3 N–H and O–H groups in total. The summed E-state index contributed by atoms with van der Waals surface area (Å²) in [5.41, 5.74) is 0.969. The van der Waals surface area contributed by atoms with Crippen LogP contribution in [-0.2, 0) is 6.42 Å². The molecule has 0 unspecified atom stereocenters. The van der Waals surface area contributed by atoms with Crippen LogP contribution in [0.2, 0.25) is 0 Å². The van der Waals surface area contributed by atoms with Gasteiger partial charge >= 0.3 is 5.97 Å². The smallest absolute Gasteiger partial charge is 0.345 e. The molecule has 28 heavy (non-hydrogen) atoms. The lowest BCUT2D eigenvalue weighted by Gasteiger charge is -2.12. The molecule has 3 heterocycles. The van der Waals surface area contributed by atoms with Gasteiger partial charge in [-0.3, -0.25) is 4.79 Å². The van der Waals surface area contributed by atoms with Crippen LogP contribution >= 0.6 is 0 Å². The Morgan fingerprint density at radius 3 is 2.71 bits per heavy atom. The highest BCUT2D eigenvalue weighted by atomic mass is 16.4. The van der Waals surface area contributed by atoms with Gasteiger partial charge in [0.25, 0.3) is 5.56 Å². The molecule has 0 bridgehead atoms. The topological polar surface area (TPSA) is 108 Å². The zero-order valence-corrected chi connectivity index (χ0v) is 15.0. The number of carboxylic acid groups (broad SMARTS) is 1. The van der Waals surface area contributed by atoms with Crippen molar-refractivity contribution in [2.75, 3.05) is 0 Å². The molecule has 0 amide bonds. The molecule has 0 saturated heterocycles. The van der Waals surface area contributed by atoms with Crippen LogP contribution in [0.4, 0.5) is 0 Å². The van der Waals surface area contributed by atoms with Crippen molar-refractivity contribution in [3.63, 3.8) is 0 Å². The molecular formula is C21H17N3O4. The number of hydrogen-bond donors (Lipinski definition) is 3. The zero-order chi connectivity index (χ0) is 19.8. The maximum atomic E-state index is 12.2. The molecule has 0 radical (unpaired) electrons. The number of nitrogens with one attached hydrogen (secondary N) is 1. The Labute approximate surface area is 159 Å². The molecule has 0 fully saturated rings. The lowest BCUT2D eigenvalue weighted by molar-refractivity contribution is 0.0691. The third-order valence-electron chi connectivity index (χ3n) is 4.73. The molecule has 0 saturated carbocycles. The van der Waals surface area contributed by atoms with Crippen molar-refractivity contribution < 1.29 is 15.0 Å². The number of pyridine rings is 2. The number of aromatic hydroxyl groups is 1. The average Bonchev–Trinajstić information content (AvgIpc) is 3.11. The summed E-state index contributed by atoms with van der Waals surface area (Å²) in [5, 5.41) is 20.5. The summed E-state index contributed by atoms with van der Waals surface area (Å²) in [4.78, 5) is 30.4. The second-order valence-corrected chi connectivity index (χ2v) is 6.34. The summed E-state index contributed by atoms with van der Waals surface area (Å²) in [7, 11) is 0. The SMILES string of the molecule is CCc1c(-c2ccc3c(ccn3-c3ccccn3)c2)[nH]c(=O)c(C(=O)O)c1O. The predicted molar refractivity (Wildman–Crippen MR) is 105 cm³/mol. The Hall–Kier alpha value is -3.87. The van der Waals surface area contributed by atoms with E-state index in [2.05, 4.69) is 9.97 Å². The highest BCUT2D eigenvalue weighted by Crippen LogP contribution is 2.32. The summed E-state index contributed by atoms with van der Waals surface area (Å²) in [5.74, 6) is -1.15. The van der Waals surface area contributed by atoms with Crippen molar-refractivity contribution in [3.8, 4) is 22.8 Å². The number of fused-ring (bicyclic) bond motifs is 1. The number of carboxylic acids is 1. The molecule has 4 rings (SSSR count). The number of benzene rings is 1. The molecule has 7 heteroatoms. The minimum Gasteiger partial charge on any atom is -0.506 e. The first kappa shape index (κ1) is 17.5. The fourth-order valence-electron chi connectivity index (χ4n) is 3.41. The van der Waals surface area contributed by atoms with E-state index in [1.54, 1.807) is 13.1 Å². The second-order valence-electron chi connectivity index (χ2n) is 6.34. The standard InChI is InChI=1S/C21H17N3O4/c1-2-14-18(23-20(26)17(19(14)25)21(27)28)13-6-7-15-12(11-13)8-10-24(15)16-5-3-4-9-22-16/h3-11H,2H2,1H3,(H,27,28)(H2,23,25,26). The van der Waals surface area contributed by atoms with E-state index < -0.39 is 22.8 Å². The van der Waals surface area contributed by atoms with Gasteiger partial charge in [-0.2, -0.15) is 0 Å². The third-order valence-corrected chi connectivity index (χ3v) is 4.73. The van der Waals surface area contributed by atoms with Crippen LogP contribution in [0.3, 0.4) is 0 Å². The molecule has 3 aromatic heterocycles. The van der Waals surface area contributed by atoms with Gasteiger partial charge in [0.2, 0.25) is 0 Å². The van der Waals surface area contributed by atoms with E-state index in [9.17, 15) is 19.8 Å². The molecule has 0 aliphatic heterocycles. The Kier molecular flexibility index (Phi) is 4.19. The van der Waals surface area contributed by atoms with Gasteiger partial charge in [-0.25, -0.2) is 9.78 Å². The Balaban J connectivity index is 1.89. The number of aromatic amines is 1. The monoisotopic (exact) mass is 375 g/mol. The maximum Gasteiger partial charge on any atom is 0.345 e. The lowest BCUT2D eigenvalue weighted by Crippen LogP contribution is -2.20. The van der Waals surface area contributed by atoms with Gasteiger partial charge in [-0.1, -0.05) is 19.1 Å². The number of nitrogens with zero attached hydrogens (tertiary/aromatic N) is 2. The van der Waals surface area contributed by atoms with Crippen molar-refractivity contribution in [3.05, 3.63) is 76.3 Å². The van der Waals surface area contributed by atoms with Gasteiger partial charge in [-0.15, -0.1) is 0 Å². The summed E-state index contributed by atoms with van der Waals surface area (Å²) in [6, 6.07) is 13.2. The van der Waals surface area contributed by atoms with Crippen molar-refractivity contribution in [1.29, 1.82) is 0 Å². The molecule has 0 spiro atoms. The summed E-state index contributed by atoms with van der Waals surface area (Å²) >= 11 is 0. The minimum absolute atomic E-state index is 0.366. The third kappa shape index (κ3) is 2.73. The molecule has 0 aliphatic rings. The average molecular weight is 375 g/mol. The predicted octanol–water partition coefficient (Wildman–Crippen LogP) is 3.35. The fourth-order valence-corrected chi connectivity index (χ4v) is 3.41. The van der Waals surface area contributed by atoms with Crippen molar-refractivity contribution in [1.82, 2.24) is 14.5 Å². The summed E-state index contributed by atoms with van der Waals surface area (Å²) < 4.78 is 1.95. The van der Waals surface area contributed by atoms with Crippen molar-refractivity contribution >= 4 is 16.9 Å². The maximum absolute atomic E-state index is 12.2. The van der Waals surface area contributed by atoms with Gasteiger partial charge in [0.05, 0.1) is 11.2 Å². The molecule has 7 nitrogen and oxygen atoms in total. The first-order valence-corrected chi connectivity index (χ1v) is 8.75. The first-order chi connectivity index (χ1) is 13.5. The largest absolute Gasteiger partial charge is 0.506 e. The van der Waals surface area contributed by atoms with Gasteiger partial charge in [0.1, 0.15) is 11.6 Å². The highest BCUT2D eigenvalue weighted by molar-refractivity contribution is 5.92. The molecule has 140 valence electrons. The van der Waals surface area contributed by atoms with Crippen LogP contribution in [0.25, 0.3) is 28.0 Å². The Morgan fingerprint density at radius 1 is 1.21 bits per heavy atom. The number of hydrogen-bond acceptors (Lipinski definition) is 4. The van der Waals surface area contributed by atoms with E-state index in [-0.39, 0.29) is 0 Å². The van der Waals surface area contributed by atoms with E-state index in [0.29, 0.717) is 23.2 Å². The number of aromatic nitrogens is 3. The number of carbonyl (C=O) groups is 1. The van der Waals surface area contributed by atoms with Crippen molar-refractivity contribution in [2.45, 2.75) is 13.3 Å². The highest BCUT2D eigenvalue weighted by Gasteiger charge is 2.22. The van der Waals surface area contributed by atoms with E-state index >= 15 is 0 Å². The lowest BCUT2D eigenvalue weighted by atomic mass is 9.99. The number of H-pyrrole nitrogens is 1. The normalized spacial score (nSPS) is 11.0. The van der Waals surface area contributed by atoms with E-state index in [4.69, 9.17) is 0 Å². The second kappa shape index (κ2) is 6.70. The van der Waals surface area contributed by atoms with Crippen LogP contribution in [0, 0.1) is 0 Å². The molecule has 0 atom stereocenters. The van der Waals surface area contributed by atoms with Gasteiger partial charge in [0.15, 0.2) is 5.56 Å². The summed E-state index contributed by atoms with van der Waals surface area (Å²) in [6.07, 6.45) is 4.00. The van der Waals surface area contributed by atoms with E-state index in [0.717, 1.165) is 16.7 Å². The quantitative estimate of drug-likeness (QED) is 0.507. The van der Waals surface area contributed by atoms with E-state index in [1.165, 1.54) is 0 Å². The van der Waals surface area contributed by atoms with Gasteiger partial charge < -0.3 is 19.8 Å². The molecular weight excluding hydrogens is 358 g/mol. The van der Waals surface area contributed by atoms with E-state index in [1.807, 2.05) is 53.2 Å². The summed E-state index contributed by atoms with van der Waals surface area (Å²) in [6.45, 7) is 1.79. The Morgan fingerprint density at radius 2 is 2.04 bits per heavy atom. The molecule has 4 aromatic rings. The first-order valence-electron chi connectivity index (χ1n) is 8.75. The van der Waals surface area contributed by atoms with Gasteiger partial charge in [0, 0.05) is 23.3 Å². The zero-order valence-electron chi connectivity index (χ0n) is 15.0. The Bertz CT molecular complexity index is 1260. The van der Waals surface area contributed by atoms with Crippen molar-refractivity contribution in [2.24, 2.45) is 0 Å². The number of rotatable bonds is 4. The minimum atomic E-state index is -1.46. The molecule has 0 aliphatic carbocycles. The fraction of sp³-hybridized carbons (Fsp3) is 0.0952. The van der Waals surface area contributed by atoms with Gasteiger partial charge in [-0.05, 0) is 42.3 Å². The van der Waals surface area contributed by atoms with Crippen LogP contribution in [0.1, 0.15) is 22.8 Å².